The van der Waals surface area contributed by atoms with E-state index < -0.39 is 5.91 Å². The molecule has 1 atom stereocenters. The normalized spacial score (nSPS) is 12.6. The Morgan fingerprint density at radius 3 is 2.68 bits per heavy atom. The first kappa shape index (κ1) is 13.3. The number of amides is 1. The van der Waals surface area contributed by atoms with E-state index in [0.717, 1.165) is 17.1 Å². The van der Waals surface area contributed by atoms with E-state index in [1.54, 1.807) is 21.6 Å². The molecular formula is C12H18N6O. The Hall–Kier alpha value is -2.15. The van der Waals surface area contributed by atoms with Gasteiger partial charge in [-0.05, 0) is 26.3 Å². The molecule has 2 rings (SSSR count). The Kier molecular flexibility index (Phi) is 3.39. The number of aromatic nitrogens is 4. The van der Waals surface area contributed by atoms with Gasteiger partial charge in [0.15, 0.2) is 5.82 Å². The van der Waals surface area contributed by atoms with Gasteiger partial charge in [0.05, 0.1) is 5.69 Å². The maximum absolute atomic E-state index is 11.1. The predicted octanol–water partition coefficient (Wildman–Crippen LogP) is -0.0972. The summed E-state index contributed by atoms with van der Waals surface area (Å²) >= 11 is 0. The fraction of sp³-hybridized carbons (Fsp3) is 0.417. The Balaban J connectivity index is 2.50. The Morgan fingerprint density at radius 2 is 2.16 bits per heavy atom. The summed E-state index contributed by atoms with van der Waals surface area (Å²) in [6.07, 6.45) is 2.39. The van der Waals surface area contributed by atoms with Crippen LogP contribution in [0.1, 0.15) is 28.7 Å². The van der Waals surface area contributed by atoms with E-state index >= 15 is 0 Å². The monoisotopic (exact) mass is 262 g/mol. The number of nitrogens with two attached hydrogens (primary N) is 2. The molecule has 4 N–H and O–H groups in total. The Bertz CT molecular complexity index is 610. The maximum Gasteiger partial charge on any atom is 0.269 e. The van der Waals surface area contributed by atoms with Crippen LogP contribution in [0.4, 0.5) is 0 Å². The lowest BCUT2D eigenvalue weighted by Gasteiger charge is -2.08. The average Bonchev–Trinajstić information content (AvgIpc) is 2.85. The lowest BCUT2D eigenvalue weighted by molar-refractivity contribution is 0.0995. The zero-order chi connectivity index (χ0) is 14.2. The van der Waals surface area contributed by atoms with Crippen LogP contribution in [0.15, 0.2) is 12.3 Å². The van der Waals surface area contributed by atoms with Crippen molar-refractivity contribution in [1.82, 2.24) is 19.6 Å². The maximum atomic E-state index is 11.1. The highest BCUT2D eigenvalue weighted by Crippen LogP contribution is 2.19. The number of carbonyl (C=O) groups is 1. The van der Waals surface area contributed by atoms with Gasteiger partial charge >= 0.3 is 0 Å². The first-order chi connectivity index (χ1) is 8.90. The van der Waals surface area contributed by atoms with Crippen molar-refractivity contribution < 1.29 is 4.79 Å². The molecule has 0 saturated carbocycles. The molecule has 0 saturated heterocycles. The van der Waals surface area contributed by atoms with Crippen LogP contribution >= 0.6 is 0 Å². The van der Waals surface area contributed by atoms with Gasteiger partial charge < -0.3 is 11.5 Å². The largest absolute Gasteiger partial charge is 0.364 e. The third-order valence-corrected chi connectivity index (χ3v) is 2.90. The van der Waals surface area contributed by atoms with Crippen LogP contribution in [0, 0.1) is 6.92 Å². The minimum Gasteiger partial charge on any atom is -0.364 e. The molecule has 1 amide bonds. The van der Waals surface area contributed by atoms with E-state index in [9.17, 15) is 4.79 Å². The minimum absolute atomic E-state index is 0.0211. The van der Waals surface area contributed by atoms with Crippen molar-refractivity contribution in [3.05, 3.63) is 29.2 Å². The van der Waals surface area contributed by atoms with Crippen LogP contribution in [0.3, 0.4) is 0 Å². The summed E-state index contributed by atoms with van der Waals surface area (Å²) in [4.78, 5) is 11.1. The van der Waals surface area contributed by atoms with Crippen LogP contribution in [-0.4, -0.2) is 31.5 Å². The Morgan fingerprint density at radius 1 is 1.47 bits per heavy atom. The lowest BCUT2D eigenvalue weighted by atomic mass is 10.1. The molecule has 1 unspecified atom stereocenters. The highest BCUT2D eigenvalue weighted by atomic mass is 16.1. The smallest absolute Gasteiger partial charge is 0.269 e. The van der Waals surface area contributed by atoms with Crippen LogP contribution in [0.25, 0.3) is 5.82 Å². The van der Waals surface area contributed by atoms with Gasteiger partial charge in [0.25, 0.3) is 5.91 Å². The molecule has 0 aromatic carbocycles. The van der Waals surface area contributed by atoms with Gasteiger partial charge in [-0.2, -0.15) is 10.2 Å². The summed E-state index contributed by atoms with van der Waals surface area (Å²) in [5.41, 5.74) is 13.2. The topological polar surface area (TPSA) is 105 Å². The zero-order valence-corrected chi connectivity index (χ0v) is 11.3. The van der Waals surface area contributed by atoms with Gasteiger partial charge in [0.1, 0.15) is 5.69 Å². The summed E-state index contributed by atoms with van der Waals surface area (Å²) in [5.74, 6) is 0.258. The van der Waals surface area contributed by atoms with E-state index in [1.165, 1.54) is 0 Å². The quantitative estimate of drug-likeness (QED) is 0.802. The first-order valence-corrected chi connectivity index (χ1v) is 6.04. The molecule has 0 aliphatic rings. The second-order valence-electron chi connectivity index (χ2n) is 4.70. The number of primary amides is 1. The molecule has 0 aliphatic carbocycles. The highest BCUT2D eigenvalue weighted by Gasteiger charge is 2.17. The number of nitrogens with zero attached hydrogens (tertiary/aromatic N) is 4. The second-order valence-corrected chi connectivity index (χ2v) is 4.70. The van der Waals surface area contributed by atoms with Crippen LogP contribution in [0.5, 0.6) is 0 Å². The minimum atomic E-state index is -0.550. The molecule has 2 heterocycles. The zero-order valence-electron chi connectivity index (χ0n) is 11.3. The van der Waals surface area contributed by atoms with Gasteiger partial charge in [0, 0.05) is 24.8 Å². The van der Waals surface area contributed by atoms with Crippen LogP contribution < -0.4 is 11.5 Å². The number of carbonyl (C=O) groups excluding carboxylic acids is 1. The molecule has 0 fully saturated rings. The SMILES string of the molecule is Cc1nn(C)c(-n2ccc(C(N)=O)n2)c1CC(C)N. The molecule has 0 radical (unpaired) electrons. The molecule has 19 heavy (non-hydrogen) atoms. The third-order valence-electron chi connectivity index (χ3n) is 2.90. The first-order valence-electron chi connectivity index (χ1n) is 6.04. The van der Waals surface area contributed by atoms with Crippen molar-refractivity contribution in [2.24, 2.45) is 18.5 Å². The van der Waals surface area contributed by atoms with Crippen molar-refractivity contribution in [2.45, 2.75) is 26.3 Å². The van der Waals surface area contributed by atoms with Crippen LogP contribution in [0.2, 0.25) is 0 Å². The number of aryl methyl sites for hydroxylation is 2. The summed E-state index contributed by atoms with van der Waals surface area (Å²) < 4.78 is 3.34. The molecule has 0 spiro atoms. The lowest BCUT2D eigenvalue weighted by Crippen LogP contribution is -2.19. The molecular weight excluding hydrogens is 244 g/mol. The van der Waals surface area contributed by atoms with Gasteiger partial charge in [0.2, 0.25) is 0 Å². The van der Waals surface area contributed by atoms with Gasteiger partial charge in [-0.1, -0.05) is 0 Å². The molecule has 7 nitrogen and oxygen atoms in total. The van der Waals surface area contributed by atoms with Gasteiger partial charge in [-0.15, -0.1) is 0 Å². The molecule has 2 aromatic rings. The van der Waals surface area contributed by atoms with E-state index in [0.29, 0.717) is 6.42 Å². The standard InChI is InChI=1S/C12H18N6O/c1-7(13)6-9-8(2)15-17(3)12(9)18-5-4-10(16-18)11(14)19/h4-5,7H,6,13H2,1-3H3,(H2,14,19). The average molecular weight is 262 g/mol. The Labute approximate surface area is 111 Å². The van der Waals surface area contributed by atoms with E-state index in [2.05, 4.69) is 10.2 Å². The summed E-state index contributed by atoms with van der Waals surface area (Å²) in [7, 11) is 1.83. The van der Waals surface area contributed by atoms with E-state index in [1.807, 2.05) is 20.9 Å². The van der Waals surface area contributed by atoms with Crippen molar-refractivity contribution in [3.8, 4) is 5.82 Å². The molecule has 7 heteroatoms. The van der Waals surface area contributed by atoms with E-state index in [-0.39, 0.29) is 11.7 Å². The molecule has 0 bridgehead atoms. The van der Waals surface area contributed by atoms with Crippen molar-refractivity contribution in [1.29, 1.82) is 0 Å². The molecule has 2 aromatic heterocycles. The molecule has 102 valence electrons. The predicted molar refractivity (Wildman–Crippen MR) is 70.9 cm³/mol. The highest BCUT2D eigenvalue weighted by molar-refractivity contribution is 5.90. The van der Waals surface area contributed by atoms with Crippen LogP contribution in [-0.2, 0) is 13.5 Å². The van der Waals surface area contributed by atoms with Crippen molar-refractivity contribution >= 4 is 5.91 Å². The van der Waals surface area contributed by atoms with Gasteiger partial charge in [-0.25, -0.2) is 4.68 Å². The second kappa shape index (κ2) is 4.85. The number of rotatable bonds is 4. The number of hydrogen-bond acceptors (Lipinski definition) is 4. The summed E-state index contributed by atoms with van der Waals surface area (Å²) in [6.45, 7) is 3.87. The summed E-state index contributed by atoms with van der Waals surface area (Å²) in [5, 5.41) is 8.54. The van der Waals surface area contributed by atoms with Crippen molar-refractivity contribution in [2.75, 3.05) is 0 Å². The van der Waals surface area contributed by atoms with E-state index in [4.69, 9.17) is 11.5 Å². The fourth-order valence-corrected chi connectivity index (χ4v) is 2.11. The van der Waals surface area contributed by atoms with Crippen molar-refractivity contribution in [3.63, 3.8) is 0 Å². The van der Waals surface area contributed by atoms with Gasteiger partial charge in [-0.3, -0.25) is 9.48 Å². The third kappa shape index (κ3) is 2.50. The fourth-order valence-electron chi connectivity index (χ4n) is 2.11. The summed E-state index contributed by atoms with van der Waals surface area (Å²) in [6, 6.07) is 1.60. The number of hydrogen-bond donors (Lipinski definition) is 2. The molecule has 0 aliphatic heterocycles.